The largest absolute Gasteiger partial charge is 0.479 e. The van der Waals surface area contributed by atoms with Crippen molar-refractivity contribution >= 4 is 14.3 Å². The van der Waals surface area contributed by atoms with E-state index < -0.39 is 20.4 Å². The molecule has 0 aromatic heterocycles. The van der Waals surface area contributed by atoms with E-state index in [9.17, 15) is 15.0 Å². The summed E-state index contributed by atoms with van der Waals surface area (Å²) < 4.78 is 6.02. The SMILES string of the molecule is CCCCCC(C)CCCC1=CCC(O)[C@@H]1CCC=C=CC(O[Si](C)(C)C(C)(C)C)C(=O)O. The Morgan fingerprint density at radius 1 is 1.27 bits per heavy atom. The summed E-state index contributed by atoms with van der Waals surface area (Å²) >= 11 is 0. The summed E-state index contributed by atoms with van der Waals surface area (Å²) in [6.45, 7) is 15.0. The van der Waals surface area contributed by atoms with Crippen molar-refractivity contribution in [2.75, 3.05) is 0 Å². The van der Waals surface area contributed by atoms with Crippen LogP contribution in [0.4, 0.5) is 0 Å². The summed E-state index contributed by atoms with van der Waals surface area (Å²) in [6.07, 6.45) is 15.6. The molecule has 5 heteroatoms. The first-order valence-electron chi connectivity index (χ1n) is 13.1. The van der Waals surface area contributed by atoms with E-state index in [4.69, 9.17) is 4.43 Å². The van der Waals surface area contributed by atoms with E-state index in [-0.39, 0.29) is 17.1 Å². The van der Waals surface area contributed by atoms with Crippen LogP contribution in [0.5, 0.6) is 0 Å². The average molecular weight is 479 g/mol. The Bertz CT molecular complexity index is 683. The Morgan fingerprint density at radius 3 is 2.55 bits per heavy atom. The standard InChI is InChI=1S/C28H50O4Si/c1-8-9-11-15-22(2)16-14-17-23-20-21-25(29)24(23)18-12-10-13-19-26(27(30)31)32-33(6,7)28(3,4)5/h10,19-20,22,24-26,29H,8-9,11-12,14-18,21H2,1-7H3,(H,30,31)/t13?,22?,24-,25?,26?/m1/s1. The Labute approximate surface area is 204 Å². The van der Waals surface area contributed by atoms with Crippen LogP contribution in [0.1, 0.15) is 98.8 Å². The molecule has 0 spiro atoms. The monoisotopic (exact) mass is 478 g/mol. The lowest BCUT2D eigenvalue weighted by Gasteiger charge is -2.37. The maximum absolute atomic E-state index is 11.7. The molecule has 0 radical (unpaired) electrons. The molecule has 0 heterocycles. The molecular formula is C28H50O4Si. The van der Waals surface area contributed by atoms with Gasteiger partial charge in [-0.25, -0.2) is 4.79 Å². The molecule has 0 aromatic carbocycles. The van der Waals surface area contributed by atoms with Crippen molar-refractivity contribution in [2.24, 2.45) is 11.8 Å². The first-order chi connectivity index (χ1) is 15.4. The maximum atomic E-state index is 11.7. The molecule has 190 valence electrons. The minimum Gasteiger partial charge on any atom is -0.479 e. The highest BCUT2D eigenvalue weighted by molar-refractivity contribution is 6.74. The number of hydrogen-bond acceptors (Lipinski definition) is 3. The number of carboxylic acids is 1. The van der Waals surface area contributed by atoms with Crippen LogP contribution in [0.25, 0.3) is 0 Å². The first kappa shape index (κ1) is 29.9. The fraction of sp³-hybridized carbons (Fsp3) is 0.786. The van der Waals surface area contributed by atoms with Crippen LogP contribution in [0.3, 0.4) is 0 Å². The molecule has 2 N–H and O–H groups in total. The lowest BCUT2D eigenvalue weighted by molar-refractivity contribution is -0.143. The molecule has 0 saturated heterocycles. The summed E-state index contributed by atoms with van der Waals surface area (Å²) in [5.41, 5.74) is 4.45. The molecule has 1 aliphatic carbocycles. The van der Waals surface area contributed by atoms with Gasteiger partial charge in [0.1, 0.15) is 0 Å². The number of unbranched alkanes of at least 4 members (excludes halogenated alkanes) is 2. The number of aliphatic carboxylic acids is 1. The zero-order chi connectivity index (χ0) is 25.1. The molecule has 0 aliphatic heterocycles. The van der Waals surface area contributed by atoms with E-state index in [1.54, 1.807) is 0 Å². The van der Waals surface area contributed by atoms with Gasteiger partial charge in [0.25, 0.3) is 0 Å². The Balaban J connectivity index is 2.54. The molecule has 0 saturated carbocycles. The summed E-state index contributed by atoms with van der Waals surface area (Å²) in [5, 5.41) is 20.0. The van der Waals surface area contributed by atoms with E-state index in [0.717, 1.165) is 31.6 Å². The van der Waals surface area contributed by atoms with Gasteiger partial charge in [-0.1, -0.05) is 78.4 Å². The van der Waals surface area contributed by atoms with Crippen LogP contribution in [0.2, 0.25) is 18.1 Å². The van der Waals surface area contributed by atoms with Crippen LogP contribution in [-0.4, -0.2) is 36.7 Å². The minimum absolute atomic E-state index is 0.0487. The van der Waals surface area contributed by atoms with Gasteiger partial charge in [-0.15, -0.1) is 5.73 Å². The third-order valence-corrected chi connectivity index (χ3v) is 11.9. The highest BCUT2D eigenvalue weighted by atomic mass is 28.4. The molecule has 0 amide bonds. The molecular weight excluding hydrogens is 428 g/mol. The molecule has 33 heavy (non-hydrogen) atoms. The van der Waals surface area contributed by atoms with E-state index in [0.29, 0.717) is 0 Å². The van der Waals surface area contributed by atoms with Gasteiger partial charge in [0.2, 0.25) is 0 Å². The van der Waals surface area contributed by atoms with Crippen LogP contribution in [0.15, 0.2) is 29.5 Å². The quantitative estimate of drug-likeness (QED) is 0.110. The first-order valence-corrected chi connectivity index (χ1v) is 16.0. The zero-order valence-corrected chi connectivity index (χ0v) is 23.3. The number of rotatable bonds is 15. The van der Waals surface area contributed by atoms with E-state index >= 15 is 0 Å². The number of carbonyl (C=O) groups is 1. The van der Waals surface area contributed by atoms with E-state index in [2.05, 4.69) is 59.5 Å². The highest BCUT2D eigenvalue weighted by Crippen LogP contribution is 2.37. The number of aliphatic hydroxyl groups is 1. The van der Waals surface area contributed by atoms with Crippen LogP contribution < -0.4 is 0 Å². The molecule has 4 atom stereocenters. The fourth-order valence-electron chi connectivity index (χ4n) is 4.19. The van der Waals surface area contributed by atoms with Crippen molar-refractivity contribution in [1.29, 1.82) is 0 Å². The lowest BCUT2D eigenvalue weighted by Crippen LogP contribution is -2.45. The third kappa shape index (κ3) is 10.8. The van der Waals surface area contributed by atoms with E-state index in [1.165, 1.54) is 50.2 Å². The van der Waals surface area contributed by atoms with Crippen molar-refractivity contribution in [3.05, 3.63) is 29.5 Å². The summed E-state index contributed by atoms with van der Waals surface area (Å²) in [7, 11) is -2.18. The molecule has 0 fully saturated rings. The normalized spacial score (nSPS) is 20.7. The van der Waals surface area contributed by atoms with Gasteiger partial charge in [0.15, 0.2) is 14.4 Å². The molecule has 0 bridgehead atoms. The Hall–Kier alpha value is -1.13. The maximum Gasteiger partial charge on any atom is 0.336 e. The number of hydrogen-bond donors (Lipinski definition) is 2. The summed E-state index contributed by atoms with van der Waals surface area (Å²) in [5.74, 6) is 0.0315. The van der Waals surface area contributed by atoms with Crippen molar-refractivity contribution in [2.45, 2.75) is 129 Å². The van der Waals surface area contributed by atoms with Crippen molar-refractivity contribution in [1.82, 2.24) is 0 Å². The highest BCUT2D eigenvalue weighted by Gasteiger charge is 2.40. The van der Waals surface area contributed by atoms with Gasteiger partial charge in [-0.3, -0.25) is 0 Å². The molecule has 3 unspecified atom stereocenters. The van der Waals surface area contributed by atoms with Gasteiger partial charge in [0, 0.05) is 5.92 Å². The smallest absolute Gasteiger partial charge is 0.336 e. The second kappa shape index (κ2) is 14.3. The molecule has 1 rings (SSSR count). The van der Waals surface area contributed by atoms with Crippen LogP contribution in [-0.2, 0) is 9.22 Å². The van der Waals surface area contributed by atoms with Crippen LogP contribution in [0, 0.1) is 11.8 Å². The fourth-order valence-corrected chi connectivity index (χ4v) is 5.35. The summed E-state index contributed by atoms with van der Waals surface area (Å²) in [4.78, 5) is 11.7. The van der Waals surface area contributed by atoms with Gasteiger partial charge < -0.3 is 14.6 Å². The third-order valence-electron chi connectivity index (χ3n) is 7.48. The average Bonchev–Trinajstić information content (AvgIpc) is 3.05. The van der Waals surface area contributed by atoms with Crippen LogP contribution >= 0.6 is 0 Å². The number of carboxylic acid groups (broad SMARTS) is 1. The zero-order valence-electron chi connectivity index (χ0n) is 22.3. The second-order valence-electron chi connectivity index (χ2n) is 11.4. The predicted octanol–water partition coefficient (Wildman–Crippen LogP) is 7.65. The van der Waals surface area contributed by atoms with Gasteiger partial charge in [-0.2, -0.15) is 0 Å². The van der Waals surface area contributed by atoms with Gasteiger partial charge in [0.05, 0.1) is 6.10 Å². The van der Waals surface area contributed by atoms with E-state index in [1.807, 2.05) is 6.08 Å². The number of aliphatic hydroxyl groups excluding tert-OH is 1. The minimum atomic E-state index is -2.18. The second-order valence-corrected chi connectivity index (χ2v) is 16.2. The summed E-state index contributed by atoms with van der Waals surface area (Å²) in [6, 6.07) is 0. The lowest BCUT2D eigenvalue weighted by atomic mass is 9.89. The molecule has 4 nitrogen and oxygen atoms in total. The predicted molar refractivity (Wildman–Crippen MR) is 141 cm³/mol. The molecule has 1 aliphatic rings. The van der Waals surface area contributed by atoms with Crippen molar-refractivity contribution in [3.63, 3.8) is 0 Å². The Morgan fingerprint density at radius 2 is 1.94 bits per heavy atom. The van der Waals surface area contributed by atoms with Gasteiger partial charge >= 0.3 is 5.97 Å². The van der Waals surface area contributed by atoms with Crippen molar-refractivity contribution < 1.29 is 19.4 Å². The molecule has 0 aromatic rings. The topological polar surface area (TPSA) is 66.8 Å². The van der Waals surface area contributed by atoms with Crippen molar-refractivity contribution in [3.8, 4) is 0 Å². The Kier molecular flexibility index (Phi) is 13.0. The van der Waals surface area contributed by atoms with Gasteiger partial charge in [-0.05, 0) is 68.3 Å².